The lowest BCUT2D eigenvalue weighted by Crippen LogP contribution is -2.04. The van der Waals surface area contributed by atoms with Gasteiger partial charge in [0, 0.05) is 5.88 Å². The molecule has 4 heteroatoms. The van der Waals surface area contributed by atoms with Crippen molar-refractivity contribution in [3.8, 4) is 0 Å². The Morgan fingerprint density at radius 2 is 1.81 bits per heavy atom. The predicted octanol–water partition coefficient (Wildman–Crippen LogP) is 4.74. The summed E-state index contributed by atoms with van der Waals surface area (Å²) in [6, 6.07) is 5.13. The third-order valence-electron chi connectivity index (χ3n) is 2.23. The second-order valence-electron chi connectivity index (χ2n) is 3.44. The third kappa shape index (κ3) is 3.56. The normalized spacial score (nSPS) is 12.9. The average molecular weight is 249 g/mol. The van der Waals surface area contributed by atoms with Crippen LogP contribution in [0.3, 0.4) is 0 Å². The van der Waals surface area contributed by atoms with Crippen LogP contribution in [0, 0.1) is 0 Å². The van der Waals surface area contributed by atoms with E-state index in [1.54, 1.807) is 0 Å². The van der Waals surface area contributed by atoms with Gasteiger partial charge in [0.25, 0.3) is 0 Å². The van der Waals surface area contributed by atoms with Crippen LogP contribution in [-0.4, -0.2) is 5.88 Å². The minimum Gasteiger partial charge on any atom is -0.166 e. The molecule has 0 aliphatic heterocycles. The van der Waals surface area contributed by atoms with Gasteiger partial charge in [0.15, 0.2) is 0 Å². The Morgan fingerprint density at radius 3 is 2.25 bits per heavy atom. The monoisotopic (exact) mass is 248 g/mol. The highest BCUT2D eigenvalue weighted by molar-refractivity contribution is 6.17. The summed E-state index contributed by atoms with van der Waals surface area (Å²) in [7, 11) is 0. The minimum absolute atomic E-state index is 0.512. The maximum absolute atomic E-state index is 12.3. The number of hydrogen-bond donors (Lipinski definition) is 0. The van der Waals surface area contributed by atoms with Crippen molar-refractivity contribution in [2.75, 3.05) is 5.88 Å². The molecule has 0 bridgehead atoms. The van der Waals surface area contributed by atoms with E-state index in [4.69, 9.17) is 11.6 Å². The molecule has 0 saturated heterocycles. The van der Waals surface area contributed by atoms with Crippen LogP contribution in [0.1, 0.15) is 24.5 Å². The summed E-state index contributed by atoms with van der Waals surface area (Å²) in [6.07, 6.45) is -1.64. The van der Waals surface area contributed by atoms with Crippen LogP contribution >= 0.6 is 11.6 Å². The molecule has 0 atom stereocenters. The van der Waals surface area contributed by atoms with Gasteiger partial charge < -0.3 is 0 Å². The Morgan fingerprint density at radius 1 is 1.25 bits per heavy atom. The van der Waals surface area contributed by atoms with Crippen molar-refractivity contribution in [2.45, 2.75) is 19.5 Å². The van der Waals surface area contributed by atoms with Crippen LogP contribution in [0.15, 0.2) is 30.3 Å². The average Bonchev–Trinajstić information content (AvgIpc) is 2.25. The maximum atomic E-state index is 12.3. The highest BCUT2D eigenvalue weighted by atomic mass is 35.5. The first kappa shape index (κ1) is 13.1. The quantitative estimate of drug-likeness (QED) is 0.678. The molecule has 0 aliphatic carbocycles. The van der Waals surface area contributed by atoms with Crippen molar-refractivity contribution < 1.29 is 13.2 Å². The SMILES string of the molecule is CC(=CCCCl)c1ccc(C(F)(F)F)cc1. The van der Waals surface area contributed by atoms with Gasteiger partial charge in [-0.1, -0.05) is 18.2 Å². The third-order valence-corrected chi connectivity index (χ3v) is 2.45. The number of alkyl halides is 4. The van der Waals surface area contributed by atoms with Gasteiger partial charge in [0.05, 0.1) is 5.56 Å². The van der Waals surface area contributed by atoms with Crippen molar-refractivity contribution in [1.82, 2.24) is 0 Å². The molecule has 0 nitrogen and oxygen atoms in total. The second kappa shape index (κ2) is 5.39. The Hall–Kier alpha value is -0.960. The molecule has 1 rings (SSSR count). The summed E-state index contributed by atoms with van der Waals surface area (Å²) in [4.78, 5) is 0. The molecule has 0 radical (unpaired) electrons. The topological polar surface area (TPSA) is 0 Å². The summed E-state index contributed by atoms with van der Waals surface area (Å²) in [5, 5.41) is 0. The first-order valence-corrected chi connectivity index (χ1v) is 5.39. The number of halogens is 4. The predicted molar refractivity (Wildman–Crippen MR) is 60.4 cm³/mol. The van der Waals surface area contributed by atoms with Gasteiger partial charge in [0.1, 0.15) is 0 Å². The van der Waals surface area contributed by atoms with Crippen molar-refractivity contribution in [2.24, 2.45) is 0 Å². The molecule has 0 fully saturated rings. The van der Waals surface area contributed by atoms with Gasteiger partial charge in [-0.3, -0.25) is 0 Å². The van der Waals surface area contributed by atoms with E-state index in [1.165, 1.54) is 12.1 Å². The lowest BCUT2D eigenvalue weighted by atomic mass is 10.0. The molecular weight excluding hydrogens is 237 g/mol. The molecule has 0 amide bonds. The first-order chi connectivity index (χ1) is 7.45. The zero-order valence-electron chi connectivity index (χ0n) is 8.81. The number of rotatable bonds is 3. The standard InChI is InChI=1S/C12H12ClF3/c1-9(3-2-8-13)10-4-6-11(7-5-10)12(14,15)16/h3-7H,2,8H2,1H3. The van der Waals surface area contributed by atoms with Gasteiger partial charge in [0.2, 0.25) is 0 Å². The highest BCUT2D eigenvalue weighted by Crippen LogP contribution is 2.30. The molecule has 88 valence electrons. The summed E-state index contributed by atoms with van der Waals surface area (Å²) >= 11 is 5.52. The molecule has 0 saturated carbocycles. The first-order valence-electron chi connectivity index (χ1n) is 4.85. The maximum Gasteiger partial charge on any atom is 0.416 e. The van der Waals surface area contributed by atoms with Gasteiger partial charge in [-0.2, -0.15) is 13.2 Å². The van der Waals surface area contributed by atoms with Crippen LogP contribution in [0.4, 0.5) is 13.2 Å². The van der Waals surface area contributed by atoms with Gasteiger partial charge in [-0.15, -0.1) is 11.6 Å². The molecule has 0 spiro atoms. The fourth-order valence-corrected chi connectivity index (χ4v) is 1.42. The lowest BCUT2D eigenvalue weighted by Gasteiger charge is -2.07. The van der Waals surface area contributed by atoms with E-state index in [9.17, 15) is 13.2 Å². The van der Waals surface area contributed by atoms with Crippen LogP contribution in [0.5, 0.6) is 0 Å². The van der Waals surface area contributed by atoms with Crippen LogP contribution in [0.2, 0.25) is 0 Å². The number of hydrogen-bond acceptors (Lipinski definition) is 0. The zero-order valence-corrected chi connectivity index (χ0v) is 9.57. The molecular formula is C12H12ClF3. The van der Waals surface area contributed by atoms with E-state index in [0.717, 1.165) is 23.3 Å². The van der Waals surface area contributed by atoms with Crippen molar-refractivity contribution in [1.29, 1.82) is 0 Å². The minimum atomic E-state index is -4.27. The van der Waals surface area contributed by atoms with Crippen LogP contribution in [-0.2, 0) is 6.18 Å². The molecule has 16 heavy (non-hydrogen) atoms. The molecule has 0 heterocycles. The Kier molecular flexibility index (Phi) is 4.42. The fourth-order valence-electron chi connectivity index (χ4n) is 1.31. The fraction of sp³-hybridized carbons (Fsp3) is 0.333. The molecule has 0 unspecified atom stereocenters. The van der Waals surface area contributed by atoms with Gasteiger partial charge in [-0.25, -0.2) is 0 Å². The molecule has 0 aliphatic rings. The Labute approximate surface area is 97.7 Å². The summed E-state index contributed by atoms with van der Waals surface area (Å²) < 4.78 is 36.9. The van der Waals surface area contributed by atoms with E-state index in [-0.39, 0.29) is 0 Å². The Balaban J connectivity index is 2.87. The molecule has 0 aromatic heterocycles. The van der Waals surface area contributed by atoms with Gasteiger partial charge >= 0.3 is 6.18 Å². The van der Waals surface area contributed by atoms with E-state index in [1.807, 2.05) is 13.0 Å². The van der Waals surface area contributed by atoms with Crippen molar-refractivity contribution in [3.05, 3.63) is 41.5 Å². The second-order valence-corrected chi connectivity index (χ2v) is 3.82. The molecule has 0 N–H and O–H groups in total. The number of benzene rings is 1. The summed E-state index contributed by atoms with van der Waals surface area (Å²) in [5.74, 6) is 0.512. The largest absolute Gasteiger partial charge is 0.416 e. The molecule has 1 aromatic rings. The van der Waals surface area contributed by atoms with Crippen LogP contribution in [0.25, 0.3) is 5.57 Å². The van der Waals surface area contributed by atoms with Crippen LogP contribution < -0.4 is 0 Å². The summed E-state index contributed by atoms with van der Waals surface area (Å²) in [6.45, 7) is 1.86. The summed E-state index contributed by atoms with van der Waals surface area (Å²) in [5.41, 5.74) is 1.11. The zero-order chi connectivity index (χ0) is 12.2. The van der Waals surface area contributed by atoms with E-state index in [2.05, 4.69) is 0 Å². The van der Waals surface area contributed by atoms with Crippen molar-refractivity contribution in [3.63, 3.8) is 0 Å². The molecule has 1 aromatic carbocycles. The highest BCUT2D eigenvalue weighted by Gasteiger charge is 2.29. The van der Waals surface area contributed by atoms with E-state index < -0.39 is 11.7 Å². The van der Waals surface area contributed by atoms with E-state index >= 15 is 0 Å². The van der Waals surface area contributed by atoms with Crippen molar-refractivity contribution >= 4 is 17.2 Å². The van der Waals surface area contributed by atoms with Gasteiger partial charge in [-0.05, 0) is 36.6 Å². The lowest BCUT2D eigenvalue weighted by molar-refractivity contribution is -0.137. The smallest absolute Gasteiger partial charge is 0.166 e. The Bertz CT molecular complexity index is 363. The van der Waals surface area contributed by atoms with E-state index in [0.29, 0.717) is 12.3 Å². The number of allylic oxidation sites excluding steroid dienone is 2.